The molecular formula is C13H14N2O. The van der Waals surface area contributed by atoms with E-state index < -0.39 is 0 Å². The number of nitrogens with one attached hydrogen (secondary N) is 1. The number of hydrogen-bond acceptors (Lipinski definition) is 2. The van der Waals surface area contributed by atoms with Gasteiger partial charge in [-0.05, 0) is 13.3 Å². The molecule has 1 N–H and O–H groups in total. The SMILES string of the molecule is CCc1[nH]c(C)nc1-c1ccc(C=O)cc1. The zero-order chi connectivity index (χ0) is 11.5. The second-order valence-corrected chi connectivity index (χ2v) is 3.74. The average Bonchev–Trinajstić information content (AvgIpc) is 2.70. The van der Waals surface area contributed by atoms with Gasteiger partial charge in [0.25, 0.3) is 0 Å². The van der Waals surface area contributed by atoms with Gasteiger partial charge >= 0.3 is 0 Å². The van der Waals surface area contributed by atoms with Crippen molar-refractivity contribution in [2.75, 3.05) is 0 Å². The smallest absolute Gasteiger partial charge is 0.150 e. The molecule has 0 spiro atoms. The molecule has 2 rings (SSSR count). The van der Waals surface area contributed by atoms with Gasteiger partial charge in [-0.2, -0.15) is 0 Å². The predicted molar refractivity (Wildman–Crippen MR) is 63.5 cm³/mol. The van der Waals surface area contributed by atoms with Crippen molar-refractivity contribution in [2.24, 2.45) is 0 Å². The Morgan fingerprint density at radius 1 is 1.31 bits per heavy atom. The Hall–Kier alpha value is -1.90. The number of hydrogen-bond donors (Lipinski definition) is 1. The van der Waals surface area contributed by atoms with E-state index in [2.05, 4.69) is 16.9 Å². The first kappa shape index (κ1) is 10.6. The van der Waals surface area contributed by atoms with E-state index in [1.165, 1.54) is 0 Å². The third-order valence-electron chi connectivity index (χ3n) is 2.57. The fourth-order valence-corrected chi connectivity index (χ4v) is 1.75. The second kappa shape index (κ2) is 4.31. The lowest BCUT2D eigenvalue weighted by atomic mass is 10.1. The molecule has 1 heterocycles. The maximum atomic E-state index is 10.6. The third kappa shape index (κ3) is 1.89. The summed E-state index contributed by atoms with van der Waals surface area (Å²) in [6, 6.07) is 7.48. The largest absolute Gasteiger partial charge is 0.346 e. The Labute approximate surface area is 94.5 Å². The zero-order valence-corrected chi connectivity index (χ0v) is 9.45. The number of imidazole rings is 1. The topological polar surface area (TPSA) is 45.8 Å². The summed E-state index contributed by atoms with van der Waals surface area (Å²) in [5, 5.41) is 0. The number of aldehydes is 1. The van der Waals surface area contributed by atoms with Crippen molar-refractivity contribution in [3.8, 4) is 11.3 Å². The summed E-state index contributed by atoms with van der Waals surface area (Å²) >= 11 is 0. The van der Waals surface area contributed by atoms with E-state index in [0.717, 1.165) is 35.5 Å². The quantitative estimate of drug-likeness (QED) is 0.798. The van der Waals surface area contributed by atoms with Crippen molar-refractivity contribution >= 4 is 6.29 Å². The summed E-state index contributed by atoms with van der Waals surface area (Å²) in [6.45, 7) is 4.04. The number of rotatable bonds is 3. The van der Waals surface area contributed by atoms with Crippen molar-refractivity contribution in [3.05, 3.63) is 41.3 Å². The van der Waals surface area contributed by atoms with Crippen LogP contribution in [-0.4, -0.2) is 16.3 Å². The highest BCUT2D eigenvalue weighted by Gasteiger charge is 2.08. The number of aromatic amines is 1. The molecule has 0 aliphatic carbocycles. The van der Waals surface area contributed by atoms with Crippen LogP contribution in [0.25, 0.3) is 11.3 Å². The van der Waals surface area contributed by atoms with Crippen molar-refractivity contribution < 1.29 is 4.79 Å². The van der Waals surface area contributed by atoms with Crippen molar-refractivity contribution in [3.63, 3.8) is 0 Å². The van der Waals surface area contributed by atoms with Crippen LogP contribution in [0.15, 0.2) is 24.3 Å². The Morgan fingerprint density at radius 2 is 2.00 bits per heavy atom. The summed E-state index contributed by atoms with van der Waals surface area (Å²) < 4.78 is 0. The lowest BCUT2D eigenvalue weighted by Crippen LogP contribution is -1.86. The molecule has 0 saturated heterocycles. The molecule has 0 bridgehead atoms. The monoisotopic (exact) mass is 214 g/mol. The van der Waals surface area contributed by atoms with E-state index in [1.54, 1.807) is 0 Å². The van der Waals surface area contributed by atoms with Crippen molar-refractivity contribution in [2.45, 2.75) is 20.3 Å². The fraction of sp³-hybridized carbons (Fsp3) is 0.231. The van der Waals surface area contributed by atoms with Gasteiger partial charge in [0.2, 0.25) is 0 Å². The van der Waals surface area contributed by atoms with E-state index in [4.69, 9.17) is 0 Å². The van der Waals surface area contributed by atoms with Crippen LogP contribution in [0, 0.1) is 6.92 Å². The molecule has 0 saturated carbocycles. The summed E-state index contributed by atoms with van der Waals surface area (Å²) in [7, 11) is 0. The highest BCUT2D eigenvalue weighted by molar-refractivity contribution is 5.76. The molecule has 0 amide bonds. The van der Waals surface area contributed by atoms with Gasteiger partial charge in [0.05, 0.1) is 5.69 Å². The number of nitrogens with zero attached hydrogens (tertiary/aromatic N) is 1. The highest BCUT2D eigenvalue weighted by atomic mass is 16.1. The van der Waals surface area contributed by atoms with Crippen LogP contribution in [0.3, 0.4) is 0 Å². The molecule has 16 heavy (non-hydrogen) atoms. The highest BCUT2D eigenvalue weighted by Crippen LogP contribution is 2.22. The van der Waals surface area contributed by atoms with Gasteiger partial charge in [-0.15, -0.1) is 0 Å². The molecule has 0 fully saturated rings. The second-order valence-electron chi connectivity index (χ2n) is 3.74. The van der Waals surface area contributed by atoms with Gasteiger partial charge in [-0.25, -0.2) is 4.98 Å². The molecule has 3 nitrogen and oxygen atoms in total. The van der Waals surface area contributed by atoms with E-state index in [9.17, 15) is 4.79 Å². The van der Waals surface area contributed by atoms with Gasteiger partial charge in [0.1, 0.15) is 12.1 Å². The van der Waals surface area contributed by atoms with Gasteiger partial charge in [-0.3, -0.25) is 4.79 Å². The van der Waals surface area contributed by atoms with Gasteiger partial charge in [0.15, 0.2) is 0 Å². The molecule has 0 radical (unpaired) electrons. The molecule has 1 aromatic carbocycles. The molecule has 82 valence electrons. The number of benzene rings is 1. The molecule has 3 heteroatoms. The average molecular weight is 214 g/mol. The molecular weight excluding hydrogens is 200 g/mol. The first-order valence-electron chi connectivity index (χ1n) is 5.35. The lowest BCUT2D eigenvalue weighted by Gasteiger charge is -2.00. The van der Waals surface area contributed by atoms with Gasteiger partial charge in [0, 0.05) is 16.8 Å². The molecule has 2 aromatic rings. The van der Waals surface area contributed by atoms with Gasteiger partial charge < -0.3 is 4.98 Å². The minimum absolute atomic E-state index is 0.689. The predicted octanol–water partition coefficient (Wildman–Crippen LogP) is 2.76. The van der Waals surface area contributed by atoms with E-state index in [-0.39, 0.29) is 0 Å². The number of carbonyl (C=O) groups is 1. The van der Waals surface area contributed by atoms with Crippen LogP contribution in [0.5, 0.6) is 0 Å². The number of H-pyrrole nitrogens is 1. The summed E-state index contributed by atoms with van der Waals surface area (Å²) in [4.78, 5) is 18.3. The maximum Gasteiger partial charge on any atom is 0.150 e. The Balaban J connectivity index is 2.45. The van der Waals surface area contributed by atoms with Crippen molar-refractivity contribution in [1.82, 2.24) is 9.97 Å². The van der Waals surface area contributed by atoms with Crippen LogP contribution in [0.4, 0.5) is 0 Å². The summed E-state index contributed by atoms with van der Waals surface area (Å²) in [6.07, 6.45) is 1.77. The van der Waals surface area contributed by atoms with E-state index in [1.807, 2.05) is 31.2 Å². The minimum atomic E-state index is 0.689. The third-order valence-corrected chi connectivity index (χ3v) is 2.57. The van der Waals surface area contributed by atoms with Crippen molar-refractivity contribution in [1.29, 1.82) is 0 Å². The fourth-order valence-electron chi connectivity index (χ4n) is 1.75. The van der Waals surface area contributed by atoms with E-state index >= 15 is 0 Å². The first-order chi connectivity index (χ1) is 7.74. The number of aromatic nitrogens is 2. The Morgan fingerprint density at radius 3 is 2.56 bits per heavy atom. The number of aryl methyl sites for hydroxylation is 2. The molecule has 0 aliphatic rings. The molecule has 1 aromatic heterocycles. The van der Waals surface area contributed by atoms with E-state index in [0.29, 0.717) is 5.56 Å². The molecule has 0 aliphatic heterocycles. The minimum Gasteiger partial charge on any atom is -0.346 e. The Bertz CT molecular complexity index is 497. The summed E-state index contributed by atoms with van der Waals surface area (Å²) in [5.74, 6) is 0.923. The van der Waals surface area contributed by atoms with Crippen LogP contribution < -0.4 is 0 Å². The normalized spacial score (nSPS) is 10.4. The molecule has 0 atom stereocenters. The standard InChI is InChI=1S/C13H14N2O/c1-3-12-13(15-9(2)14-12)11-6-4-10(8-16)5-7-11/h4-8H,3H2,1-2H3,(H,14,15). The van der Waals surface area contributed by atoms with Crippen LogP contribution in [0.2, 0.25) is 0 Å². The maximum absolute atomic E-state index is 10.6. The first-order valence-corrected chi connectivity index (χ1v) is 5.35. The lowest BCUT2D eigenvalue weighted by molar-refractivity contribution is 0.112. The van der Waals surface area contributed by atoms with Crippen LogP contribution in [-0.2, 0) is 6.42 Å². The molecule has 0 unspecified atom stereocenters. The van der Waals surface area contributed by atoms with Gasteiger partial charge in [-0.1, -0.05) is 31.2 Å². The zero-order valence-electron chi connectivity index (χ0n) is 9.45. The Kier molecular flexibility index (Phi) is 2.86. The van der Waals surface area contributed by atoms with Crippen LogP contribution >= 0.6 is 0 Å². The van der Waals surface area contributed by atoms with Crippen LogP contribution in [0.1, 0.15) is 28.8 Å². The number of carbonyl (C=O) groups excluding carboxylic acids is 1. The summed E-state index contributed by atoms with van der Waals surface area (Å²) in [5.41, 5.74) is 3.86.